The van der Waals surface area contributed by atoms with Crippen LogP contribution in [-0.4, -0.2) is 30.4 Å². The minimum Gasteiger partial charge on any atom is -0.347 e. The van der Waals surface area contributed by atoms with Gasteiger partial charge in [-0.3, -0.25) is 9.59 Å². The van der Waals surface area contributed by atoms with Crippen molar-refractivity contribution in [1.82, 2.24) is 15.1 Å². The molecule has 1 N–H and O–H groups in total. The lowest BCUT2D eigenvalue weighted by molar-refractivity contribution is 0.0943. The number of nitrogens with one attached hydrogen (secondary N) is 1. The zero-order valence-corrected chi connectivity index (χ0v) is 14.3. The van der Waals surface area contributed by atoms with E-state index in [4.69, 9.17) is 0 Å². The van der Waals surface area contributed by atoms with Gasteiger partial charge in [-0.15, -0.1) is 0 Å². The van der Waals surface area contributed by atoms with E-state index in [1.165, 1.54) is 28.9 Å². The topological polar surface area (TPSA) is 98.1 Å². The van der Waals surface area contributed by atoms with E-state index in [0.717, 1.165) is 18.2 Å². The molecule has 2 aromatic rings. The first-order valence-corrected chi connectivity index (χ1v) is 9.36. The number of sulfone groups is 1. The number of benzene rings is 1. The summed E-state index contributed by atoms with van der Waals surface area (Å²) in [6.07, 6.45) is 1.88. The van der Waals surface area contributed by atoms with Crippen molar-refractivity contribution in [2.24, 2.45) is 0 Å². The van der Waals surface area contributed by atoms with Gasteiger partial charge in [-0.05, 0) is 30.2 Å². The van der Waals surface area contributed by atoms with Crippen LogP contribution in [0.2, 0.25) is 0 Å². The Morgan fingerprint density at radius 3 is 2.42 bits per heavy atom. The first-order valence-electron chi connectivity index (χ1n) is 7.46. The largest absolute Gasteiger partial charge is 0.347 e. The molecule has 1 aromatic heterocycles. The highest BCUT2D eigenvalue weighted by atomic mass is 32.2. The van der Waals surface area contributed by atoms with Crippen molar-refractivity contribution in [3.8, 4) is 0 Å². The predicted octanol–water partition coefficient (Wildman–Crippen LogP) is 0.987. The van der Waals surface area contributed by atoms with Crippen molar-refractivity contribution in [1.29, 1.82) is 0 Å². The lowest BCUT2D eigenvalue weighted by Gasteiger charge is -2.07. The Labute approximate surface area is 140 Å². The zero-order chi connectivity index (χ0) is 17.7. The number of hydrogen-bond acceptors (Lipinski definition) is 5. The Balaban J connectivity index is 2.05. The number of aromatic nitrogens is 2. The van der Waals surface area contributed by atoms with Crippen LogP contribution in [0.15, 0.2) is 46.1 Å². The van der Waals surface area contributed by atoms with Gasteiger partial charge in [-0.2, -0.15) is 5.10 Å². The molecule has 8 heteroatoms. The summed E-state index contributed by atoms with van der Waals surface area (Å²) in [6, 6.07) is 8.98. The molecular formula is C16H19N3O4S. The van der Waals surface area contributed by atoms with Gasteiger partial charge in [-0.1, -0.05) is 19.1 Å². The molecule has 24 heavy (non-hydrogen) atoms. The summed E-state index contributed by atoms with van der Waals surface area (Å²) in [6.45, 7) is 2.60. The van der Waals surface area contributed by atoms with Crippen molar-refractivity contribution in [3.63, 3.8) is 0 Å². The molecule has 1 amide bonds. The van der Waals surface area contributed by atoms with Crippen LogP contribution in [0.3, 0.4) is 0 Å². The summed E-state index contributed by atoms with van der Waals surface area (Å²) in [4.78, 5) is 24.0. The molecule has 0 unspecified atom stereocenters. The molecule has 0 saturated carbocycles. The third kappa shape index (κ3) is 4.51. The van der Waals surface area contributed by atoms with E-state index in [0.29, 0.717) is 6.54 Å². The summed E-state index contributed by atoms with van der Waals surface area (Å²) in [5, 5.41) is 6.73. The molecule has 0 saturated heterocycles. The Morgan fingerprint density at radius 2 is 1.83 bits per heavy atom. The van der Waals surface area contributed by atoms with Crippen LogP contribution in [0.1, 0.15) is 29.4 Å². The fraction of sp³-hybridized carbons (Fsp3) is 0.312. The first-order chi connectivity index (χ1) is 11.3. The highest BCUT2D eigenvalue weighted by molar-refractivity contribution is 7.90. The van der Waals surface area contributed by atoms with Gasteiger partial charge >= 0.3 is 0 Å². The van der Waals surface area contributed by atoms with Crippen molar-refractivity contribution in [3.05, 3.63) is 58.0 Å². The molecule has 0 aliphatic carbocycles. The smallest absolute Gasteiger partial charge is 0.271 e. The summed E-state index contributed by atoms with van der Waals surface area (Å²) >= 11 is 0. The van der Waals surface area contributed by atoms with Gasteiger partial charge < -0.3 is 5.32 Å². The molecule has 1 heterocycles. The summed E-state index contributed by atoms with van der Waals surface area (Å²) in [5.74, 6) is -0.396. The number of aryl methyl sites for hydroxylation is 1. The number of rotatable bonds is 6. The molecule has 0 fully saturated rings. The number of nitrogens with zero attached hydrogens (tertiary/aromatic N) is 2. The Kier molecular flexibility index (Phi) is 5.50. The summed E-state index contributed by atoms with van der Waals surface area (Å²) < 4.78 is 24.1. The Hall–Kier alpha value is -2.48. The van der Waals surface area contributed by atoms with E-state index in [1.807, 2.05) is 6.92 Å². The van der Waals surface area contributed by atoms with Crippen molar-refractivity contribution < 1.29 is 13.2 Å². The van der Waals surface area contributed by atoms with Gasteiger partial charge in [-0.25, -0.2) is 13.1 Å². The number of carbonyl (C=O) groups is 1. The van der Waals surface area contributed by atoms with Crippen molar-refractivity contribution >= 4 is 15.7 Å². The maximum absolute atomic E-state index is 12.1. The zero-order valence-electron chi connectivity index (χ0n) is 13.5. The van der Waals surface area contributed by atoms with Gasteiger partial charge in [0, 0.05) is 25.4 Å². The maximum Gasteiger partial charge on any atom is 0.271 e. The average molecular weight is 349 g/mol. The molecule has 0 atom stereocenters. The molecule has 0 aliphatic heterocycles. The van der Waals surface area contributed by atoms with E-state index < -0.39 is 15.7 Å². The molecule has 0 radical (unpaired) electrons. The SMILES string of the molecule is CCCn1nc(C(=O)NCc2ccc(S(C)(=O)=O)cc2)ccc1=O. The number of hydrogen-bond donors (Lipinski definition) is 1. The number of amides is 1. The molecular weight excluding hydrogens is 330 g/mol. The van der Waals surface area contributed by atoms with E-state index >= 15 is 0 Å². The van der Waals surface area contributed by atoms with Crippen LogP contribution in [0.4, 0.5) is 0 Å². The van der Waals surface area contributed by atoms with Crippen molar-refractivity contribution in [2.45, 2.75) is 31.3 Å². The van der Waals surface area contributed by atoms with Gasteiger partial charge in [0.2, 0.25) is 0 Å². The third-order valence-corrected chi connectivity index (χ3v) is 4.47. The third-order valence-electron chi connectivity index (χ3n) is 3.34. The maximum atomic E-state index is 12.1. The summed E-state index contributed by atoms with van der Waals surface area (Å²) in [7, 11) is -3.24. The second-order valence-corrected chi connectivity index (χ2v) is 7.39. The molecule has 0 bridgehead atoms. The van der Waals surface area contributed by atoms with Crippen LogP contribution in [-0.2, 0) is 22.9 Å². The molecule has 0 spiro atoms. The van der Waals surface area contributed by atoms with E-state index in [2.05, 4.69) is 10.4 Å². The highest BCUT2D eigenvalue weighted by Crippen LogP contribution is 2.10. The molecule has 7 nitrogen and oxygen atoms in total. The quantitative estimate of drug-likeness (QED) is 0.838. The molecule has 128 valence electrons. The summed E-state index contributed by atoms with van der Waals surface area (Å²) in [5.41, 5.74) is 0.679. The van der Waals surface area contributed by atoms with E-state index in [1.54, 1.807) is 12.1 Å². The lowest BCUT2D eigenvalue weighted by Crippen LogP contribution is -2.29. The van der Waals surface area contributed by atoms with Gasteiger partial charge in [0.25, 0.3) is 11.5 Å². The average Bonchev–Trinajstić information content (AvgIpc) is 2.54. The fourth-order valence-corrected chi connectivity index (χ4v) is 2.70. The van der Waals surface area contributed by atoms with Crippen LogP contribution < -0.4 is 10.9 Å². The number of carbonyl (C=O) groups excluding carboxylic acids is 1. The minimum atomic E-state index is -3.24. The standard InChI is InChI=1S/C16H19N3O4S/c1-3-10-19-15(20)9-8-14(18-19)16(21)17-11-12-4-6-13(7-5-12)24(2,22)23/h4-9H,3,10-11H2,1-2H3,(H,17,21). The fourth-order valence-electron chi connectivity index (χ4n) is 2.07. The molecule has 2 rings (SSSR count). The lowest BCUT2D eigenvalue weighted by atomic mass is 10.2. The van der Waals surface area contributed by atoms with Gasteiger partial charge in [0.1, 0.15) is 5.69 Å². The van der Waals surface area contributed by atoms with Crippen LogP contribution in [0, 0.1) is 0 Å². The van der Waals surface area contributed by atoms with Gasteiger partial charge in [0.15, 0.2) is 9.84 Å². The van der Waals surface area contributed by atoms with E-state index in [-0.39, 0.29) is 22.7 Å². The predicted molar refractivity (Wildman–Crippen MR) is 89.5 cm³/mol. The monoisotopic (exact) mass is 349 g/mol. The van der Waals surface area contributed by atoms with Crippen LogP contribution in [0.25, 0.3) is 0 Å². The van der Waals surface area contributed by atoms with Crippen LogP contribution >= 0.6 is 0 Å². The van der Waals surface area contributed by atoms with Crippen molar-refractivity contribution in [2.75, 3.05) is 6.26 Å². The minimum absolute atomic E-state index is 0.163. The van der Waals surface area contributed by atoms with Gasteiger partial charge in [0.05, 0.1) is 4.90 Å². The molecule has 0 aliphatic rings. The Bertz CT molecular complexity index is 886. The van der Waals surface area contributed by atoms with Crippen LogP contribution in [0.5, 0.6) is 0 Å². The van der Waals surface area contributed by atoms with E-state index in [9.17, 15) is 18.0 Å². The second-order valence-electron chi connectivity index (χ2n) is 5.38. The highest BCUT2D eigenvalue weighted by Gasteiger charge is 2.10. The molecule has 1 aromatic carbocycles. The second kappa shape index (κ2) is 7.39. The normalized spacial score (nSPS) is 11.2. The first kappa shape index (κ1) is 17.9. The Morgan fingerprint density at radius 1 is 1.17 bits per heavy atom.